The lowest BCUT2D eigenvalue weighted by molar-refractivity contribution is 0.784. The Bertz CT molecular complexity index is 617. The van der Waals surface area contributed by atoms with E-state index < -0.39 is 0 Å². The molecule has 0 aliphatic heterocycles. The Morgan fingerprint density at radius 3 is 2.39 bits per heavy atom. The Kier molecular flexibility index (Phi) is 3.07. The Labute approximate surface area is 106 Å². The molecule has 2 heterocycles. The van der Waals surface area contributed by atoms with E-state index in [1.54, 1.807) is 6.07 Å². The molecule has 2 aromatic heterocycles. The van der Waals surface area contributed by atoms with Gasteiger partial charge in [-0.1, -0.05) is 13.8 Å². The van der Waals surface area contributed by atoms with Crippen molar-refractivity contribution < 1.29 is 0 Å². The van der Waals surface area contributed by atoms with Crippen molar-refractivity contribution in [2.75, 3.05) is 0 Å². The first-order valence-corrected chi connectivity index (χ1v) is 6.04. The average molecular weight is 246 g/mol. The molecule has 0 bridgehead atoms. The summed E-state index contributed by atoms with van der Waals surface area (Å²) in [7, 11) is 0. The van der Waals surface area contributed by atoms with E-state index in [0.29, 0.717) is 11.6 Å². The quantitative estimate of drug-likeness (QED) is 0.881. The van der Waals surface area contributed by atoms with Gasteiger partial charge in [0.2, 0.25) is 0 Å². The van der Waals surface area contributed by atoms with Crippen LogP contribution >= 0.6 is 0 Å². The van der Waals surface area contributed by atoms with Gasteiger partial charge in [0.1, 0.15) is 5.82 Å². The van der Waals surface area contributed by atoms with E-state index in [9.17, 15) is 4.79 Å². The van der Waals surface area contributed by atoms with Gasteiger partial charge >= 0.3 is 0 Å². The number of H-pyrrole nitrogens is 1. The molecule has 2 rings (SSSR count). The van der Waals surface area contributed by atoms with Crippen LogP contribution in [0.4, 0.5) is 0 Å². The summed E-state index contributed by atoms with van der Waals surface area (Å²) in [6.45, 7) is 9.65. The molecule has 0 aliphatic carbocycles. The Balaban J connectivity index is 2.65. The van der Waals surface area contributed by atoms with Crippen LogP contribution in [0.1, 0.15) is 42.5 Å². The molecule has 0 saturated heterocycles. The molecule has 1 N–H and O–H groups in total. The molecule has 5 heteroatoms. The van der Waals surface area contributed by atoms with E-state index in [2.05, 4.69) is 15.1 Å². The summed E-state index contributed by atoms with van der Waals surface area (Å²) < 4.78 is 1.49. The predicted molar refractivity (Wildman–Crippen MR) is 70.3 cm³/mol. The third-order valence-electron chi connectivity index (χ3n) is 2.88. The van der Waals surface area contributed by atoms with Crippen LogP contribution in [0.3, 0.4) is 0 Å². The molecular formula is C13H18N4O. The first-order valence-electron chi connectivity index (χ1n) is 6.04. The van der Waals surface area contributed by atoms with E-state index in [1.807, 2.05) is 34.6 Å². The number of hydrogen-bond acceptors (Lipinski definition) is 3. The molecule has 0 unspecified atom stereocenters. The molecule has 0 atom stereocenters. The van der Waals surface area contributed by atoms with Gasteiger partial charge < -0.3 is 0 Å². The predicted octanol–water partition coefficient (Wildman–Crippen LogP) is 2.00. The van der Waals surface area contributed by atoms with Crippen molar-refractivity contribution in [2.24, 2.45) is 0 Å². The summed E-state index contributed by atoms with van der Waals surface area (Å²) in [5.74, 6) is 1.45. The highest BCUT2D eigenvalue weighted by atomic mass is 16.1. The van der Waals surface area contributed by atoms with Gasteiger partial charge in [-0.05, 0) is 26.7 Å². The van der Waals surface area contributed by atoms with Crippen LogP contribution in [0.25, 0.3) is 5.82 Å². The Hall–Kier alpha value is -1.91. The monoisotopic (exact) mass is 246 g/mol. The summed E-state index contributed by atoms with van der Waals surface area (Å²) in [5.41, 5.74) is 2.52. The second kappa shape index (κ2) is 4.40. The zero-order chi connectivity index (χ0) is 13.4. The van der Waals surface area contributed by atoms with Crippen molar-refractivity contribution in [3.05, 3.63) is 39.2 Å². The molecule has 18 heavy (non-hydrogen) atoms. The molecule has 0 spiro atoms. The normalized spacial score (nSPS) is 11.2. The maximum atomic E-state index is 12.3. The zero-order valence-corrected chi connectivity index (χ0v) is 11.4. The van der Waals surface area contributed by atoms with Crippen LogP contribution in [0.15, 0.2) is 10.9 Å². The first kappa shape index (κ1) is 12.5. The summed E-state index contributed by atoms with van der Waals surface area (Å²) >= 11 is 0. The van der Waals surface area contributed by atoms with Crippen LogP contribution in [0.5, 0.6) is 0 Å². The molecule has 0 aromatic carbocycles. The van der Waals surface area contributed by atoms with Crippen LogP contribution < -0.4 is 5.56 Å². The molecule has 0 aliphatic rings. The number of nitrogens with one attached hydrogen (secondary N) is 1. The van der Waals surface area contributed by atoms with Gasteiger partial charge in [-0.25, -0.2) is 14.6 Å². The standard InChI is InChI=1S/C13H18N4O/c1-7(2)12-9(4)16-17(13(12)18)11-6-8(3)14-10(5)15-11/h6-7,16H,1-5H3. The number of rotatable bonds is 2. The summed E-state index contributed by atoms with van der Waals surface area (Å²) in [6.07, 6.45) is 0. The highest BCUT2D eigenvalue weighted by Crippen LogP contribution is 2.14. The SMILES string of the molecule is Cc1cc(-n2[nH]c(C)c(C(C)C)c2=O)nc(C)n1. The smallest absolute Gasteiger partial charge is 0.276 e. The molecule has 2 aromatic rings. The van der Waals surface area contributed by atoms with Gasteiger partial charge in [0.25, 0.3) is 5.56 Å². The van der Waals surface area contributed by atoms with E-state index >= 15 is 0 Å². The number of nitrogens with zero attached hydrogens (tertiary/aromatic N) is 3. The number of aryl methyl sites for hydroxylation is 3. The minimum absolute atomic E-state index is 0.0278. The van der Waals surface area contributed by atoms with Gasteiger partial charge in [0.15, 0.2) is 5.82 Å². The number of hydrogen-bond donors (Lipinski definition) is 1. The van der Waals surface area contributed by atoms with Crippen molar-refractivity contribution in [2.45, 2.75) is 40.5 Å². The highest BCUT2D eigenvalue weighted by Gasteiger charge is 2.16. The number of aromatic amines is 1. The van der Waals surface area contributed by atoms with Crippen molar-refractivity contribution in [3.63, 3.8) is 0 Å². The van der Waals surface area contributed by atoms with Crippen molar-refractivity contribution >= 4 is 0 Å². The second-order valence-corrected chi connectivity index (χ2v) is 4.86. The second-order valence-electron chi connectivity index (χ2n) is 4.86. The fourth-order valence-corrected chi connectivity index (χ4v) is 2.21. The van der Waals surface area contributed by atoms with E-state index in [4.69, 9.17) is 0 Å². The fourth-order valence-electron chi connectivity index (χ4n) is 2.21. The van der Waals surface area contributed by atoms with Gasteiger partial charge in [0.05, 0.1) is 0 Å². The van der Waals surface area contributed by atoms with Crippen LogP contribution in [0.2, 0.25) is 0 Å². The maximum Gasteiger partial charge on any atom is 0.276 e. The third kappa shape index (κ3) is 2.08. The third-order valence-corrected chi connectivity index (χ3v) is 2.88. The van der Waals surface area contributed by atoms with Crippen molar-refractivity contribution in [3.8, 4) is 5.82 Å². The number of aromatic nitrogens is 4. The van der Waals surface area contributed by atoms with E-state index in [1.165, 1.54) is 4.68 Å². The van der Waals surface area contributed by atoms with Gasteiger partial charge in [-0.2, -0.15) is 0 Å². The minimum Gasteiger partial charge on any atom is -0.294 e. The maximum absolute atomic E-state index is 12.3. The van der Waals surface area contributed by atoms with Crippen LogP contribution in [-0.2, 0) is 0 Å². The molecule has 0 saturated carbocycles. The van der Waals surface area contributed by atoms with Gasteiger partial charge in [0, 0.05) is 23.0 Å². The van der Waals surface area contributed by atoms with Crippen LogP contribution in [0, 0.1) is 20.8 Å². The molecule has 5 nitrogen and oxygen atoms in total. The summed E-state index contributed by atoms with van der Waals surface area (Å²) in [6, 6.07) is 1.80. The summed E-state index contributed by atoms with van der Waals surface area (Å²) in [4.78, 5) is 20.8. The lowest BCUT2D eigenvalue weighted by atomic mass is 10.1. The fraction of sp³-hybridized carbons (Fsp3) is 0.462. The average Bonchev–Trinajstić information content (AvgIpc) is 2.52. The van der Waals surface area contributed by atoms with Crippen LogP contribution in [-0.4, -0.2) is 19.7 Å². The van der Waals surface area contributed by atoms with E-state index in [0.717, 1.165) is 17.0 Å². The van der Waals surface area contributed by atoms with Crippen molar-refractivity contribution in [1.82, 2.24) is 19.7 Å². The van der Waals surface area contributed by atoms with E-state index in [-0.39, 0.29) is 11.5 Å². The largest absolute Gasteiger partial charge is 0.294 e. The first-order chi connectivity index (χ1) is 8.40. The minimum atomic E-state index is -0.0278. The molecular weight excluding hydrogens is 228 g/mol. The van der Waals surface area contributed by atoms with Gasteiger partial charge in [-0.15, -0.1) is 0 Å². The van der Waals surface area contributed by atoms with Crippen molar-refractivity contribution in [1.29, 1.82) is 0 Å². The molecule has 0 amide bonds. The Morgan fingerprint density at radius 1 is 1.22 bits per heavy atom. The highest BCUT2D eigenvalue weighted by molar-refractivity contribution is 5.29. The molecule has 0 radical (unpaired) electrons. The molecule has 96 valence electrons. The summed E-state index contributed by atoms with van der Waals surface area (Å²) in [5, 5.41) is 3.08. The topological polar surface area (TPSA) is 63.6 Å². The molecule has 0 fully saturated rings. The lowest BCUT2D eigenvalue weighted by Gasteiger charge is -2.03. The Morgan fingerprint density at radius 2 is 1.89 bits per heavy atom. The van der Waals surface area contributed by atoms with Gasteiger partial charge in [-0.3, -0.25) is 9.89 Å². The zero-order valence-electron chi connectivity index (χ0n) is 11.4. The lowest BCUT2D eigenvalue weighted by Crippen LogP contribution is -2.19.